The molecule has 0 amide bonds. The summed E-state index contributed by atoms with van der Waals surface area (Å²) in [6.45, 7) is 3.28. The van der Waals surface area contributed by atoms with Crippen molar-refractivity contribution in [3.05, 3.63) is 53.0 Å². The molecule has 1 aromatic heterocycles. The maximum atomic E-state index is 4.17. The van der Waals surface area contributed by atoms with Gasteiger partial charge in [-0.1, -0.05) is 79.6 Å². The second-order valence-electron chi connectivity index (χ2n) is 6.03. The molecule has 1 heterocycles. The van der Waals surface area contributed by atoms with Crippen LogP contribution < -0.4 is 0 Å². The Hall–Kier alpha value is -1.09. The summed E-state index contributed by atoms with van der Waals surface area (Å²) in [7, 11) is 0. The monoisotopic (exact) mass is 362 g/mol. The summed E-state index contributed by atoms with van der Waals surface area (Å²) in [5.74, 6) is 0.552. The van der Waals surface area contributed by atoms with Gasteiger partial charge in [0.1, 0.15) is 0 Å². The second-order valence-corrected chi connectivity index (χ2v) is 6.89. The normalized spacial score (nSPS) is 12.5. The van der Waals surface area contributed by atoms with Crippen molar-refractivity contribution in [2.75, 3.05) is 0 Å². The molecule has 22 heavy (non-hydrogen) atoms. The molecule has 0 N–H and O–H groups in total. The SMILES string of the molecule is CCCCCCCCC(Cn1ccnc1)c1ccccc1Br. The molecule has 0 fully saturated rings. The van der Waals surface area contributed by atoms with Gasteiger partial charge in [-0.25, -0.2) is 4.98 Å². The van der Waals surface area contributed by atoms with Gasteiger partial charge in [-0.05, 0) is 18.1 Å². The molecule has 0 aliphatic carbocycles. The van der Waals surface area contributed by atoms with E-state index in [1.807, 2.05) is 12.5 Å². The van der Waals surface area contributed by atoms with Crippen molar-refractivity contribution in [1.29, 1.82) is 0 Å². The Labute approximate surface area is 143 Å². The third-order valence-electron chi connectivity index (χ3n) is 4.24. The van der Waals surface area contributed by atoms with Crippen LogP contribution in [0.4, 0.5) is 0 Å². The highest BCUT2D eigenvalue weighted by Crippen LogP contribution is 2.30. The van der Waals surface area contributed by atoms with Crippen molar-refractivity contribution in [3.63, 3.8) is 0 Å². The number of nitrogens with zero attached hydrogens (tertiary/aromatic N) is 2. The Morgan fingerprint density at radius 1 is 1.09 bits per heavy atom. The predicted molar refractivity (Wildman–Crippen MR) is 97.1 cm³/mol. The first-order chi connectivity index (χ1) is 10.8. The van der Waals surface area contributed by atoms with E-state index < -0.39 is 0 Å². The second kappa shape index (κ2) is 9.83. The van der Waals surface area contributed by atoms with Crippen LogP contribution in [0.2, 0.25) is 0 Å². The van der Waals surface area contributed by atoms with Crippen LogP contribution in [0.15, 0.2) is 47.5 Å². The van der Waals surface area contributed by atoms with Crippen LogP contribution in [0, 0.1) is 0 Å². The molecule has 0 radical (unpaired) electrons. The van der Waals surface area contributed by atoms with Crippen molar-refractivity contribution in [2.24, 2.45) is 0 Å². The fourth-order valence-electron chi connectivity index (χ4n) is 2.97. The molecule has 0 aliphatic rings. The highest BCUT2D eigenvalue weighted by atomic mass is 79.9. The molecule has 2 aromatic rings. The summed E-state index contributed by atoms with van der Waals surface area (Å²) in [4.78, 5) is 4.17. The van der Waals surface area contributed by atoms with Gasteiger partial charge in [0, 0.05) is 29.3 Å². The third-order valence-corrected chi connectivity index (χ3v) is 4.96. The van der Waals surface area contributed by atoms with Gasteiger partial charge in [-0.2, -0.15) is 0 Å². The first-order valence-electron chi connectivity index (χ1n) is 8.51. The van der Waals surface area contributed by atoms with E-state index in [9.17, 15) is 0 Å². The molecule has 0 bridgehead atoms. The largest absolute Gasteiger partial charge is 0.337 e. The van der Waals surface area contributed by atoms with Crippen LogP contribution in [0.3, 0.4) is 0 Å². The molecule has 2 rings (SSSR count). The summed E-state index contributed by atoms with van der Waals surface area (Å²) in [5, 5.41) is 0. The lowest BCUT2D eigenvalue weighted by Gasteiger charge is -2.19. The summed E-state index contributed by atoms with van der Waals surface area (Å²) in [5.41, 5.74) is 1.42. The van der Waals surface area contributed by atoms with E-state index in [0.29, 0.717) is 5.92 Å². The number of hydrogen-bond acceptors (Lipinski definition) is 1. The van der Waals surface area contributed by atoms with Crippen molar-refractivity contribution >= 4 is 15.9 Å². The number of halogens is 1. The molecule has 1 atom stereocenters. The molecular weight excluding hydrogens is 336 g/mol. The number of benzene rings is 1. The average Bonchev–Trinajstić information content (AvgIpc) is 3.03. The molecule has 2 nitrogen and oxygen atoms in total. The quantitative estimate of drug-likeness (QED) is 0.461. The zero-order chi connectivity index (χ0) is 15.6. The van der Waals surface area contributed by atoms with Crippen molar-refractivity contribution in [2.45, 2.75) is 64.3 Å². The van der Waals surface area contributed by atoms with E-state index >= 15 is 0 Å². The van der Waals surface area contributed by atoms with E-state index in [2.05, 4.69) is 62.9 Å². The van der Waals surface area contributed by atoms with Gasteiger partial charge in [0.2, 0.25) is 0 Å². The number of aromatic nitrogens is 2. The van der Waals surface area contributed by atoms with Crippen LogP contribution in [-0.2, 0) is 6.54 Å². The number of hydrogen-bond donors (Lipinski definition) is 0. The molecule has 3 heteroatoms. The van der Waals surface area contributed by atoms with Gasteiger partial charge in [-0.3, -0.25) is 0 Å². The average molecular weight is 363 g/mol. The molecule has 0 spiro atoms. The zero-order valence-electron chi connectivity index (χ0n) is 13.5. The highest BCUT2D eigenvalue weighted by Gasteiger charge is 2.14. The Morgan fingerprint density at radius 2 is 1.86 bits per heavy atom. The minimum atomic E-state index is 0.552. The Morgan fingerprint density at radius 3 is 2.59 bits per heavy atom. The molecule has 1 unspecified atom stereocenters. The smallest absolute Gasteiger partial charge is 0.0946 e. The van der Waals surface area contributed by atoms with Gasteiger partial charge in [0.15, 0.2) is 0 Å². The van der Waals surface area contributed by atoms with Crippen LogP contribution in [0.5, 0.6) is 0 Å². The predicted octanol–water partition coefficient (Wildman–Crippen LogP) is 6.18. The number of unbranched alkanes of at least 4 members (excludes halogenated alkanes) is 5. The Kier molecular flexibility index (Phi) is 7.72. The van der Waals surface area contributed by atoms with Gasteiger partial charge >= 0.3 is 0 Å². The minimum Gasteiger partial charge on any atom is -0.337 e. The summed E-state index contributed by atoms with van der Waals surface area (Å²) >= 11 is 3.72. The lowest BCUT2D eigenvalue weighted by molar-refractivity contribution is 0.485. The van der Waals surface area contributed by atoms with Gasteiger partial charge < -0.3 is 4.57 Å². The van der Waals surface area contributed by atoms with Gasteiger partial charge in [0.25, 0.3) is 0 Å². The minimum absolute atomic E-state index is 0.552. The Bertz CT molecular complexity index is 522. The van der Waals surface area contributed by atoms with E-state index in [0.717, 1.165) is 6.54 Å². The highest BCUT2D eigenvalue weighted by molar-refractivity contribution is 9.10. The van der Waals surface area contributed by atoms with E-state index in [4.69, 9.17) is 0 Å². The standard InChI is InChI=1S/C19H27BrN2/c1-2-3-4-5-6-7-10-17(15-22-14-13-21-16-22)18-11-8-9-12-19(18)20/h8-9,11-14,16-17H,2-7,10,15H2,1H3. The number of imidazole rings is 1. The molecule has 0 aliphatic heterocycles. The molecule has 1 aromatic carbocycles. The lowest BCUT2D eigenvalue weighted by atomic mass is 9.92. The third kappa shape index (κ3) is 5.60. The van der Waals surface area contributed by atoms with Crippen LogP contribution >= 0.6 is 15.9 Å². The Balaban J connectivity index is 1.92. The van der Waals surface area contributed by atoms with E-state index in [-0.39, 0.29) is 0 Å². The van der Waals surface area contributed by atoms with Crippen LogP contribution in [0.1, 0.15) is 63.4 Å². The van der Waals surface area contributed by atoms with Crippen molar-refractivity contribution in [3.8, 4) is 0 Å². The first-order valence-corrected chi connectivity index (χ1v) is 9.30. The fraction of sp³-hybridized carbons (Fsp3) is 0.526. The maximum Gasteiger partial charge on any atom is 0.0946 e. The summed E-state index contributed by atoms with van der Waals surface area (Å²) < 4.78 is 3.42. The molecule has 0 saturated heterocycles. The van der Waals surface area contributed by atoms with Crippen molar-refractivity contribution in [1.82, 2.24) is 9.55 Å². The van der Waals surface area contributed by atoms with E-state index in [1.54, 1.807) is 0 Å². The molecule has 120 valence electrons. The summed E-state index contributed by atoms with van der Waals surface area (Å²) in [6, 6.07) is 8.63. The molecular formula is C19H27BrN2. The van der Waals surface area contributed by atoms with Gasteiger partial charge in [0.05, 0.1) is 6.33 Å². The first kappa shape index (κ1) is 17.3. The van der Waals surface area contributed by atoms with E-state index in [1.165, 1.54) is 55.0 Å². The fourth-order valence-corrected chi connectivity index (χ4v) is 3.58. The number of rotatable bonds is 10. The maximum absolute atomic E-state index is 4.17. The topological polar surface area (TPSA) is 17.8 Å². The summed E-state index contributed by atoms with van der Waals surface area (Å²) in [6.07, 6.45) is 15.2. The van der Waals surface area contributed by atoms with Crippen LogP contribution in [-0.4, -0.2) is 9.55 Å². The van der Waals surface area contributed by atoms with Gasteiger partial charge in [-0.15, -0.1) is 0 Å². The molecule has 0 saturated carbocycles. The van der Waals surface area contributed by atoms with Crippen LogP contribution in [0.25, 0.3) is 0 Å². The van der Waals surface area contributed by atoms with Crippen molar-refractivity contribution < 1.29 is 0 Å². The zero-order valence-corrected chi connectivity index (χ0v) is 15.1. The lowest BCUT2D eigenvalue weighted by Crippen LogP contribution is -2.09.